The van der Waals surface area contributed by atoms with Crippen LogP contribution >= 0.6 is 0 Å². The van der Waals surface area contributed by atoms with Gasteiger partial charge in [-0.3, -0.25) is 0 Å². The van der Waals surface area contributed by atoms with E-state index in [2.05, 4.69) is 5.32 Å². The van der Waals surface area contributed by atoms with Crippen molar-refractivity contribution in [2.45, 2.75) is 51.2 Å². The standard InChI is InChI=1S/C16H22F3NO/c1-12-6-4-7-13-14(8-5-11-21-15(12)13)20-10-3-2-9-16(17,18)19/h4,6-7,14,20H,2-3,5,8-11H2,1H3. The first kappa shape index (κ1) is 16.1. The maximum atomic E-state index is 12.1. The van der Waals surface area contributed by atoms with Crippen LogP contribution in [-0.2, 0) is 0 Å². The summed E-state index contributed by atoms with van der Waals surface area (Å²) in [5.41, 5.74) is 2.24. The van der Waals surface area contributed by atoms with E-state index in [4.69, 9.17) is 4.74 Å². The van der Waals surface area contributed by atoms with Gasteiger partial charge in [0.05, 0.1) is 6.61 Å². The minimum Gasteiger partial charge on any atom is -0.493 e. The number of unbranched alkanes of at least 4 members (excludes halogenated alkanes) is 1. The zero-order valence-corrected chi connectivity index (χ0v) is 12.3. The number of nitrogens with one attached hydrogen (secondary N) is 1. The Kier molecular flexibility index (Phi) is 5.51. The predicted molar refractivity (Wildman–Crippen MR) is 76.6 cm³/mol. The Hall–Kier alpha value is -1.23. The molecule has 2 rings (SSSR count). The Morgan fingerprint density at radius 2 is 2.10 bits per heavy atom. The first-order valence-corrected chi connectivity index (χ1v) is 7.50. The highest BCUT2D eigenvalue weighted by Crippen LogP contribution is 2.34. The molecule has 1 aromatic carbocycles. The number of hydrogen-bond donors (Lipinski definition) is 1. The minimum absolute atomic E-state index is 0.174. The quantitative estimate of drug-likeness (QED) is 0.807. The number of rotatable bonds is 5. The molecule has 0 aromatic heterocycles. The van der Waals surface area contributed by atoms with Crippen LogP contribution in [0.3, 0.4) is 0 Å². The van der Waals surface area contributed by atoms with Crippen LogP contribution in [0.1, 0.15) is 49.3 Å². The monoisotopic (exact) mass is 301 g/mol. The fourth-order valence-electron chi connectivity index (χ4n) is 2.70. The van der Waals surface area contributed by atoms with Gasteiger partial charge in [0.15, 0.2) is 0 Å². The van der Waals surface area contributed by atoms with Gasteiger partial charge >= 0.3 is 6.18 Å². The highest BCUT2D eigenvalue weighted by atomic mass is 19.4. The van der Waals surface area contributed by atoms with Gasteiger partial charge in [-0.1, -0.05) is 18.2 Å². The van der Waals surface area contributed by atoms with E-state index < -0.39 is 12.6 Å². The molecule has 0 aliphatic carbocycles. The van der Waals surface area contributed by atoms with Crippen molar-refractivity contribution in [2.75, 3.05) is 13.2 Å². The molecule has 1 aliphatic heterocycles. The second-order valence-electron chi connectivity index (χ2n) is 5.56. The summed E-state index contributed by atoms with van der Waals surface area (Å²) in [6.45, 7) is 3.32. The third-order valence-electron chi connectivity index (χ3n) is 3.78. The Labute approximate surface area is 123 Å². The molecule has 1 unspecified atom stereocenters. The van der Waals surface area contributed by atoms with Crippen molar-refractivity contribution in [1.29, 1.82) is 0 Å². The van der Waals surface area contributed by atoms with E-state index in [1.165, 1.54) is 0 Å². The summed E-state index contributed by atoms with van der Waals surface area (Å²) in [4.78, 5) is 0. The smallest absolute Gasteiger partial charge is 0.389 e. The highest BCUT2D eigenvalue weighted by molar-refractivity contribution is 5.43. The van der Waals surface area contributed by atoms with Crippen molar-refractivity contribution in [3.63, 3.8) is 0 Å². The molecule has 0 saturated carbocycles. The number of benzene rings is 1. The van der Waals surface area contributed by atoms with Gasteiger partial charge in [-0.25, -0.2) is 0 Å². The molecule has 0 amide bonds. The average molecular weight is 301 g/mol. The zero-order valence-electron chi connectivity index (χ0n) is 12.3. The molecule has 2 nitrogen and oxygen atoms in total. The summed E-state index contributed by atoms with van der Waals surface area (Å²) in [7, 11) is 0. The molecule has 0 saturated heterocycles. The molecule has 5 heteroatoms. The summed E-state index contributed by atoms with van der Waals surface area (Å²) < 4.78 is 42.1. The molecule has 1 aromatic rings. The van der Waals surface area contributed by atoms with Gasteiger partial charge in [0.1, 0.15) is 5.75 Å². The van der Waals surface area contributed by atoms with Crippen molar-refractivity contribution >= 4 is 0 Å². The summed E-state index contributed by atoms with van der Waals surface area (Å²) >= 11 is 0. The van der Waals surface area contributed by atoms with Gasteiger partial charge in [-0.15, -0.1) is 0 Å². The van der Waals surface area contributed by atoms with E-state index >= 15 is 0 Å². The van der Waals surface area contributed by atoms with E-state index in [0.717, 1.165) is 29.7 Å². The number of halogens is 3. The van der Waals surface area contributed by atoms with Crippen LogP contribution in [0.25, 0.3) is 0 Å². The van der Waals surface area contributed by atoms with Crippen LogP contribution in [0.15, 0.2) is 18.2 Å². The summed E-state index contributed by atoms with van der Waals surface area (Å²) in [5.74, 6) is 0.933. The van der Waals surface area contributed by atoms with Crippen LogP contribution in [0, 0.1) is 6.92 Å². The van der Waals surface area contributed by atoms with E-state index in [-0.39, 0.29) is 12.5 Å². The molecule has 1 aliphatic rings. The van der Waals surface area contributed by atoms with Crippen LogP contribution in [0.2, 0.25) is 0 Å². The molecule has 21 heavy (non-hydrogen) atoms. The maximum absolute atomic E-state index is 12.1. The number of para-hydroxylation sites is 1. The molecule has 1 atom stereocenters. The topological polar surface area (TPSA) is 21.3 Å². The SMILES string of the molecule is Cc1cccc2c1OCCCC2NCCCCC(F)(F)F. The summed E-state index contributed by atoms with van der Waals surface area (Å²) in [5, 5.41) is 3.38. The van der Waals surface area contributed by atoms with E-state index in [1.807, 2.05) is 25.1 Å². The van der Waals surface area contributed by atoms with Gasteiger partial charge < -0.3 is 10.1 Å². The highest BCUT2D eigenvalue weighted by Gasteiger charge is 2.26. The van der Waals surface area contributed by atoms with Gasteiger partial charge in [-0.2, -0.15) is 13.2 Å². The molecular weight excluding hydrogens is 279 g/mol. The van der Waals surface area contributed by atoms with Crippen molar-refractivity contribution in [1.82, 2.24) is 5.32 Å². The third-order valence-corrected chi connectivity index (χ3v) is 3.78. The van der Waals surface area contributed by atoms with Crippen molar-refractivity contribution in [2.24, 2.45) is 0 Å². The lowest BCUT2D eigenvalue weighted by Crippen LogP contribution is -2.22. The van der Waals surface area contributed by atoms with Crippen LogP contribution < -0.4 is 10.1 Å². The molecule has 1 heterocycles. The first-order chi connectivity index (χ1) is 9.97. The van der Waals surface area contributed by atoms with Crippen LogP contribution in [0.4, 0.5) is 13.2 Å². The lowest BCUT2D eigenvalue weighted by Gasteiger charge is -2.19. The first-order valence-electron chi connectivity index (χ1n) is 7.50. The number of aryl methyl sites for hydroxylation is 1. The Bertz CT molecular complexity index is 459. The van der Waals surface area contributed by atoms with Crippen LogP contribution in [0.5, 0.6) is 5.75 Å². The number of alkyl halides is 3. The average Bonchev–Trinajstić information content (AvgIpc) is 2.61. The Morgan fingerprint density at radius 1 is 1.29 bits per heavy atom. The minimum atomic E-state index is -4.04. The summed E-state index contributed by atoms with van der Waals surface area (Å²) in [6, 6.07) is 6.24. The Morgan fingerprint density at radius 3 is 2.86 bits per heavy atom. The molecule has 0 bridgehead atoms. The second-order valence-corrected chi connectivity index (χ2v) is 5.56. The number of fused-ring (bicyclic) bond motifs is 1. The van der Waals surface area contributed by atoms with E-state index in [9.17, 15) is 13.2 Å². The molecule has 0 spiro atoms. The van der Waals surface area contributed by atoms with E-state index in [1.54, 1.807) is 0 Å². The lowest BCUT2D eigenvalue weighted by molar-refractivity contribution is -0.135. The van der Waals surface area contributed by atoms with Crippen molar-refractivity contribution < 1.29 is 17.9 Å². The van der Waals surface area contributed by atoms with Gasteiger partial charge in [-0.05, 0) is 44.7 Å². The van der Waals surface area contributed by atoms with Gasteiger partial charge in [0.25, 0.3) is 0 Å². The second kappa shape index (κ2) is 7.16. The van der Waals surface area contributed by atoms with Gasteiger partial charge in [0.2, 0.25) is 0 Å². The largest absolute Gasteiger partial charge is 0.493 e. The zero-order chi connectivity index (χ0) is 15.3. The molecule has 118 valence electrons. The molecule has 1 N–H and O–H groups in total. The van der Waals surface area contributed by atoms with E-state index in [0.29, 0.717) is 19.6 Å². The molecule has 0 radical (unpaired) electrons. The maximum Gasteiger partial charge on any atom is 0.389 e. The van der Waals surface area contributed by atoms with Crippen molar-refractivity contribution in [3.8, 4) is 5.75 Å². The fourth-order valence-corrected chi connectivity index (χ4v) is 2.70. The summed E-state index contributed by atoms with van der Waals surface area (Å²) in [6.07, 6.45) is -2.11. The van der Waals surface area contributed by atoms with Crippen molar-refractivity contribution in [3.05, 3.63) is 29.3 Å². The predicted octanol–water partition coefficient (Wildman–Crippen LogP) is 4.53. The number of hydrogen-bond acceptors (Lipinski definition) is 2. The van der Waals surface area contributed by atoms with Crippen LogP contribution in [-0.4, -0.2) is 19.3 Å². The molecular formula is C16H22F3NO. The Balaban J connectivity index is 1.88. The van der Waals surface area contributed by atoms with Gasteiger partial charge in [0, 0.05) is 18.0 Å². The molecule has 0 fully saturated rings. The number of ether oxygens (including phenoxy) is 1. The lowest BCUT2D eigenvalue weighted by atomic mass is 9.99. The normalized spacial score (nSPS) is 18.8. The fraction of sp³-hybridized carbons (Fsp3) is 0.625. The third kappa shape index (κ3) is 4.92.